The summed E-state index contributed by atoms with van der Waals surface area (Å²) < 4.78 is 11.3. The second-order valence-electron chi connectivity index (χ2n) is 5.22. The molecule has 0 aromatic heterocycles. The van der Waals surface area contributed by atoms with Crippen molar-refractivity contribution in [2.24, 2.45) is 5.73 Å². The maximum Gasteiger partial charge on any atom is 0.126 e. The highest BCUT2D eigenvalue weighted by atomic mass is 16.5. The molecule has 0 saturated carbocycles. The summed E-state index contributed by atoms with van der Waals surface area (Å²) in [6.07, 6.45) is 1.80. The van der Waals surface area contributed by atoms with Crippen molar-refractivity contribution in [3.8, 4) is 11.5 Å². The van der Waals surface area contributed by atoms with Crippen LogP contribution >= 0.6 is 0 Å². The molecule has 0 aliphatic carbocycles. The van der Waals surface area contributed by atoms with E-state index in [1.807, 2.05) is 12.1 Å². The molecule has 1 aromatic carbocycles. The Bertz CT molecular complexity index is 406. The van der Waals surface area contributed by atoms with Crippen LogP contribution in [0.2, 0.25) is 0 Å². The Morgan fingerprint density at radius 3 is 2.48 bits per heavy atom. The maximum atomic E-state index is 6.07. The van der Waals surface area contributed by atoms with Crippen LogP contribution in [0.3, 0.4) is 0 Å². The summed E-state index contributed by atoms with van der Waals surface area (Å²) >= 11 is 0. The SMILES string of the molecule is CCC(N)Cc1ccc(OC)cc1OCCN(CC)CC. The van der Waals surface area contributed by atoms with Crippen molar-refractivity contribution in [3.63, 3.8) is 0 Å². The Hall–Kier alpha value is -1.26. The normalized spacial score (nSPS) is 12.5. The first kappa shape index (κ1) is 17.8. The maximum absolute atomic E-state index is 6.07. The van der Waals surface area contributed by atoms with Gasteiger partial charge in [-0.25, -0.2) is 0 Å². The third-order valence-corrected chi connectivity index (χ3v) is 3.84. The van der Waals surface area contributed by atoms with Gasteiger partial charge >= 0.3 is 0 Å². The monoisotopic (exact) mass is 294 g/mol. The van der Waals surface area contributed by atoms with Crippen molar-refractivity contribution >= 4 is 0 Å². The van der Waals surface area contributed by atoms with Gasteiger partial charge in [-0.3, -0.25) is 0 Å². The molecule has 4 heteroatoms. The fraction of sp³-hybridized carbons (Fsp3) is 0.647. The van der Waals surface area contributed by atoms with Crippen molar-refractivity contribution in [2.75, 3.05) is 33.4 Å². The average Bonchev–Trinajstić information content (AvgIpc) is 2.52. The molecule has 2 N–H and O–H groups in total. The van der Waals surface area contributed by atoms with E-state index in [4.69, 9.17) is 15.2 Å². The zero-order valence-corrected chi connectivity index (χ0v) is 13.9. The molecular weight excluding hydrogens is 264 g/mol. The summed E-state index contributed by atoms with van der Waals surface area (Å²) in [5, 5.41) is 0. The van der Waals surface area contributed by atoms with E-state index in [0.717, 1.165) is 49.5 Å². The van der Waals surface area contributed by atoms with E-state index in [-0.39, 0.29) is 6.04 Å². The lowest BCUT2D eigenvalue weighted by molar-refractivity contribution is 0.221. The highest BCUT2D eigenvalue weighted by Gasteiger charge is 2.10. The number of rotatable bonds is 10. The summed E-state index contributed by atoms with van der Waals surface area (Å²) in [6, 6.07) is 6.15. The Labute approximate surface area is 129 Å². The number of nitrogens with zero attached hydrogens (tertiary/aromatic N) is 1. The molecule has 4 nitrogen and oxygen atoms in total. The van der Waals surface area contributed by atoms with E-state index in [1.165, 1.54) is 0 Å². The van der Waals surface area contributed by atoms with Crippen LogP contribution < -0.4 is 15.2 Å². The van der Waals surface area contributed by atoms with Gasteiger partial charge in [0.1, 0.15) is 18.1 Å². The van der Waals surface area contributed by atoms with Crippen molar-refractivity contribution < 1.29 is 9.47 Å². The van der Waals surface area contributed by atoms with Crippen LogP contribution in [-0.4, -0.2) is 44.3 Å². The van der Waals surface area contributed by atoms with Gasteiger partial charge in [-0.05, 0) is 37.6 Å². The Kier molecular flexibility index (Phi) is 8.16. The van der Waals surface area contributed by atoms with Crippen LogP contribution in [0.1, 0.15) is 32.8 Å². The highest BCUT2D eigenvalue weighted by Crippen LogP contribution is 2.26. The van der Waals surface area contributed by atoms with Crippen LogP contribution in [0.4, 0.5) is 0 Å². The summed E-state index contributed by atoms with van der Waals surface area (Å²) in [7, 11) is 1.67. The smallest absolute Gasteiger partial charge is 0.126 e. The zero-order valence-electron chi connectivity index (χ0n) is 13.9. The molecule has 1 atom stereocenters. The fourth-order valence-electron chi connectivity index (χ4n) is 2.22. The standard InChI is InChI=1S/C17H30N2O2/c1-5-15(18)12-14-8-9-16(20-4)13-17(14)21-11-10-19(6-2)7-3/h8-9,13,15H,5-7,10-12,18H2,1-4H3. The van der Waals surface area contributed by atoms with E-state index >= 15 is 0 Å². The Morgan fingerprint density at radius 1 is 1.19 bits per heavy atom. The lowest BCUT2D eigenvalue weighted by Gasteiger charge is -2.20. The summed E-state index contributed by atoms with van der Waals surface area (Å²) in [4.78, 5) is 2.34. The molecule has 21 heavy (non-hydrogen) atoms. The molecule has 120 valence electrons. The minimum Gasteiger partial charge on any atom is -0.497 e. The van der Waals surface area contributed by atoms with Crippen molar-refractivity contribution in [3.05, 3.63) is 23.8 Å². The van der Waals surface area contributed by atoms with E-state index in [2.05, 4.69) is 31.7 Å². The highest BCUT2D eigenvalue weighted by molar-refractivity contribution is 5.41. The fourth-order valence-corrected chi connectivity index (χ4v) is 2.22. The number of methoxy groups -OCH3 is 1. The molecule has 0 fully saturated rings. The predicted octanol–water partition coefficient (Wildman–Crippen LogP) is 2.70. The third-order valence-electron chi connectivity index (χ3n) is 3.84. The van der Waals surface area contributed by atoms with Crippen molar-refractivity contribution in [2.45, 2.75) is 39.7 Å². The first-order valence-corrected chi connectivity index (χ1v) is 7.92. The van der Waals surface area contributed by atoms with E-state index in [9.17, 15) is 0 Å². The summed E-state index contributed by atoms with van der Waals surface area (Å²) in [5.41, 5.74) is 7.23. The van der Waals surface area contributed by atoms with Gasteiger partial charge in [-0.1, -0.05) is 26.8 Å². The molecule has 0 saturated heterocycles. The number of ether oxygens (including phenoxy) is 2. The Morgan fingerprint density at radius 2 is 1.90 bits per heavy atom. The van der Waals surface area contributed by atoms with E-state index in [1.54, 1.807) is 7.11 Å². The molecule has 0 spiro atoms. The van der Waals surface area contributed by atoms with Crippen LogP contribution in [-0.2, 0) is 6.42 Å². The number of nitrogens with two attached hydrogens (primary N) is 1. The predicted molar refractivity (Wildman–Crippen MR) is 88.2 cm³/mol. The summed E-state index contributed by atoms with van der Waals surface area (Å²) in [6.45, 7) is 10.2. The van der Waals surface area contributed by atoms with Gasteiger partial charge in [0.25, 0.3) is 0 Å². The topological polar surface area (TPSA) is 47.7 Å². The second kappa shape index (κ2) is 9.64. The first-order chi connectivity index (χ1) is 10.1. The molecule has 0 bridgehead atoms. The Balaban J connectivity index is 2.71. The van der Waals surface area contributed by atoms with Gasteiger partial charge in [0.15, 0.2) is 0 Å². The van der Waals surface area contributed by atoms with Crippen LogP contribution in [0.5, 0.6) is 11.5 Å². The van der Waals surface area contributed by atoms with E-state index in [0.29, 0.717) is 6.61 Å². The van der Waals surface area contributed by atoms with Crippen LogP contribution in [0, 0.1) is 0 Å². The van der Waals surface area contributed by atoms with Gasteiger partial charge < -0.3 is 20.1 Å². The molecule has 0 aliphatic rings. The van der Waals surface area contributed by atoms with Gasteiger partial charge in [-0.15, -0.1) is 0 Å². The molecule has 0 amide bonds. The number of hydrogen-bond acceptors (Lipinski definition) is 4. The zero-order chi connectivity index (χ0) is 15.7. The van der Waals surface area contributed by atoms with Crippen LogP contribution in [0.15, 0.2) is 18.2 Å². The number of benzene rings is 1. The van der Waals surface area contributed by atoms with Gasteiger partial charge in [0, 0.05) is 18.7 Å². The van der Waals surface area contributed by atoms with E-state index < -0.39 is 0 Å². The van der Waals surface area contributed by atoms with Gasteiger partial charge in [0.2, 0.25) is 0 Å². The van der Waals surface area contributed by atoms with Gasteiger partial charge in [0.05, 0.1) is 7.11 Å². The first-order valence-electron chi connectivity index (χ1n) is 7.92. The quantitative estimate of drug-likeness (QED) is 0.721. The molecule has 1 aromatic rings. The van der Waals surface area contributed by atoms with Crippen molar-refractivity contribution in [1.29, 1.82) is 0 Å². The summed E-state index contributed by atoms with van der Waals surface area (Å²) in [5.74, 6) is 1.71. The number of hydrogen-bond donors (Lipinski definition) is 1. The largest absolute Gasteiger partial charge is 0.497 e. The minimum atomic E-state index is 0.170. The molecule has 0 radical (unpaired) electrons. The molecular formula is C17H30N2O2. The molecule has 0 heterocycles. The molecule has 1 rings (SSSR count). The lowest BCUT2D eigenvalue weighted by Crippen LogP contribution is -2.28. The van der Waals surface area contributed by atoms with Crippen molar-refractivity contribution in [1.82, 2.24) is 4.90 Å². The van der Waals surface area contributed by atoms with Gasteiger partial charge in [-0.2, -0.15) is 0 Å². The number of likely N-dealkylation sites (N-methyl/N-ethyl adjacent to an activating group) is 1. The van der Waals surface area contributed by atoms with Crippen LogP contribution in [0.25, 0.3) is 0 Å². The average molecular weight is 294 g/mol. The lowest BCUT2D eigenvalue weighted by atomic mass is 10.0. The molecule has 0 aliphatic heterocycles. The molecule has 1 unspecified atom stereocenters. The third kappa shape index (κ3) is 5.94. The minimum absolute atomic E-state index is 0.170. The second-order valence-corrected chi connectivity index (χ2v) is 5.22.